The van der Waals surface area contributed by atoms with Gasteiger partial charge in [0.2, 0.25) is 0 Å². The van der Waals surface area contributed by atoms with E-state index in [1.54, 1.807) is 4.90 Å². The lowest BCUT2D eigenvalue weighted by atomic mass is 10.2. The minimum absolute atomic E-state index is 0.259. The van der Waals surface area contributed by atoms with Crippen LogP contribution in [0.5, 0.6) is 0 Å². The van der Waals surface area contributed by atoms with Gasteiger partial charge in [0.05, 0.1) is 13.1 Å². The van der Waals surface area contributed by atoms with Gasteiger partial charge in [-0.05, 0) is 11.6 Å². The van der Waals surface area contributed by atoms with E-state index in [-0.39, 0.29) is 6.09 Å². The summed E-state index contributed by atoms with van der Waals surface area (Å²) in [6.07, 6.45) is -0.259. The molecule has 2 rings (SSSR count). The average Bonchev–Trinajstić information content (AvgIpc) is 2.56. The summed E-state index contributed by atoms with van der Waals surface area (Å²) >= 11 is 5.97. The molecule has 0 bridgehead atoms. The molecule has 1 saturated heterocycles. The topological polar surface area (TPSA) is 29.5 Å². The van der Waals surface area contributed by atoms with Crippen LogP contribution in [0.2, 0.25) is 5.02 Å². The highest BCUT2D eigenvalue weighted by atomic mass is 35.5. The van der Waals surface area contributed by atoms with E-state index in [1.807, 2.05) is 24.3 Å². The third kappa shape index (κ3) is 1.82. The van der Waals surface area contributed by atoms with Gasteiger partial charge in [-0.15, -0.1) is 0 Å². The predicted octanol–water partition coefficient (Wildman–Crippen LogP) is 2.29. The first-order chi connectivity index (χ1) is 6.77. The summed E-state index contributed by atoms with van der Waals surface area (Å²) < 4.78 is 4.82. The Bertz CT molecular complexity index is 354. The highest BCUT2D eigenvalue weighted by Gasteiger charge is 2.22. The van der Waals surface area contributed by atoms with Crippen LogP contribution < -0.4 is 0 Å². The number of nitrogens with zero attached hydrogens (tertiary/aromatic N) is 1. The number of cyclic esters (lactones) is 1. The van der Waals surface area contributed by atoms with Gasteiger partial charge < -0.3 is 9.64 Å². The van der Waals surface area contributed by atoms with E-state index >= 15 is 0 Å². The number of hydrogen-bond donors (Lipinski definition) is 0. The van der Waals surface area contributed by atoms with Crippen LogP contribution >= 0.6 is 11.6 Å². The second-order valence-corrected chi connectivity index (χ2v) is 3.53. The summed E-state index contributed by atoms with van der Waals surface area (Å²) in [5.74, 6) is 0. The molecule has 0 aromatic heterocycles. The molecule has 1 aliphatic rings. The Morgan fingerprint density at radius 3 is 2.86 bits per heavy atom. The SMILES string of the molecule is O=C1OCCN1Cc1ccccc1Cl. The molecule has 14 heavy (non-hydrogen) atoms. The molecule has 3 nitrogen and oxygen atoms in total. The summed E-state index contributed by atoms with van der Waals surface area (Å²) in [6, 6.07) is 7.50. The molecule has 0 atom stereocenters. The second-order valence-electron chi connectivity index (χ2n) is 3.13. The fraction of sp³-hybridized carbons (Fsp3) is 0.300. The Balaban J connectivity index is 2.10. The standard InChI is InChI=1S/C10H10ClNO2/c11-9-4-2-1-3-8(9)7-12-5-6-14-10(12)13/h1-4H,5-7H2. The monoisotopic (exact) mass is 211 g/mol. The van der Waals surface area contributed by atoms with Crippen LogP contribution in [0.25, 0.3) is 0 Å². The molecule has 0 unspecified atom stereocenters. The van der Waals surface area contributed by atoms with Gasteiger partial charge in [-0.25, -0.2) is 4.79 Å². The quantitative estimate of drug-likeness (QED) is 0.751. The van der Waals surface area contributed by atoms with Crippen molar-refractivity contribution in [3.8, 4) is 0 Å². The number of hydrogen-bond acceptors (Lipinski definition) is 2. The van der Waals surface area contributed by atoms with Gasteiger partial charge in [0.15, 0.2) is 0 Å². The Labute approximate surface area is 87.2 Å². The van der Waals surface area contributed by atoms with Crippen molar-refractivity contribution in [2.24, 2.45) is 0 Å². The maximum absolute atomic E-state index is 11.2. The summed E-state index contributed by atoms with van der Waals surface area (Å²) in [7, 11) is 0. The fourth-order valence-corrected chi connectivity index (χ4v) is 1.60. The normalized spacial score (nSPS) is 15.8. The van der Waals surface area contributed by atoms with E-state index < -0.39 is 0 Å². The first kappa shape index (κ1) is 9.34. The Morgan fingerprint density at radius 1 is 1.43 bits per heavy atom. The van der Waals surface area contributed by atoms with E-state index in [9.17, 15) is 4.79 Å². The van der Waals surface area contributed by atoms with E-state index in [2.05, 4.69) is 0 Å². The Hall–Kier alpha value is -1.22. The third-order valence-electron chi connectivity index (χ3n) is 2.16. The van der Waals surface area contributed by atoms with Crippen LogP contribution in [-0.4, -0.2) is 24.1 Å². The van der Waals surface area contributed by atoms with Crippen molar-refractivity contribution in [3.05, 3.63) is 34.9 Å². The lowest BCUT2D eigenvalue weighted by molar-refractivity contribution is 0.157. The van der Waals surface area contributed by atoms with Gasteiger partial charge in [-0.3, -0.25) is 0 Å². The van der Waals surface area contributed by atoms with Crippen LogP contribution in [-0.2, 0) is 11.3 Å². The molecule has 1 aromatic rings. The second kappa shape index (κ2) is 3.88. The zero-order valence-electron chi connectivity index (χ0n) is 7.57. The van der Waals surface area contributed by atoms with Gasteiger partial charge in [0.1, 0.15) is 6.61 Å². The van der Waals surface area contributed by atoms with Crippen molar-refractivity contribution in [3.63, 3.8) is 0 Å². The molecule has 1 aliphatic heterocycles. The highest BCUT2D eigenvalue weighted by molar-refractivity contribution is 6.31. The number of carbonyl (C=O) groups is 1. The summed E-state index contributed by atoms with van der Waals surface area (Å²) in [6.45, 7) is 1.64. The lowest BCUT2D eigenvalue weighted by Gasteiger charge is -2.13. The molecule has 0 saturated carbocycles. The zero-order chi connectivity index (χ0) is 9.97. The van der Waals surface area contributed by atoms with Gasteiger partial charge in [0, 0.05) is 5.02 Å². The number of amides is 1. The minimum atomic E-state index is -0.259. The van der Waals surface area contributed by atoms with Crippen LogP contribution in [0.3, 0.4) is 0 Å². The van der Waals surface area contributed by atoms with Crippen LogP contribution in [0, 0.1) is 0 Å². The first-order valence-corrected chi connectivity index (χ1v) is 4.80. The van der Waals surface area contributed by atoms with Crippen molar-refractivity contribution in [2.75, 3.05) is 13.2 Å². The smallest absolute Gasteiger partial charge is 0.410 e. The van der Waals surface area contributed by atoms with Gasteiger partial charge in [-0.1, -0.05) is 29.8 Å². The predicted molar refractivity (Wildman–Crippen MR) is 53.2 cm³/mol. The van der Waals surface area contributed by atoms with E-state index in [4.69, 9.17) is 16.3 Å². The van der Waals surface area contributed by atoms with E-state index in [1.165, 1.54) is 0 Å². The molecular weight excluding hydrogens is 202 g/mol. The van der Waals surface area contributed by atoms with E-state index in [0.29, 0.717) is 24.7 Å². The molecule has 0 radical (unpaired) electrons. The third-order valence-corrected chi connectivity index (χ3v) is 2.53. The molecule has 0 aliphatic carbocycles. The largest absolute Gasteiger partial charge is 0.448 e. The number of halogens is 1. The number of rotatable bonds is 2. The van der Waals surface area contributed by atoms with Crippen molar-refractivity contribution in [1.29, 1.82) is 0 Å². The van der Waals surface area contributed by atoms with Crippen molar-refractivity contribution in [1.82, 2.24) is 4.90 Å². The zero-order valence-corrected chi connectivity index (χ0v) is 8.33. The van der Waals surface area contributed by atoms with Gasteiger partial charge in [-0.2, -0.15) is 0 Å². The van der Waals surface area contributed by atoms with E-state index in [0.717, 1.165) is 5.56 Å². The maximum atomic E-state index is 11.2. The van der Waals surface area contributed by atoms with Crippen molar-refractivity contribution in [2.45, 2.75) is 6.54 Å². The van der Waals surface area contributed by atoms with Crippen LogP contribution in [0.4, 0.5) is 4.79 Å². The Morgan fingerprint density at radius 2 is 2.21 bits per heavy atom. The summed E-state index contributed by atoms with van der Waals surface area (Å²) in [5.41, 5.74) is 0.952. The molecule has 1 aromatic carbocycles. The molecule has 0 N–H and O–H groups in total. The van der Waals surface area contributed by atoms with Gasteiger partial charge >= 0.3 is 6.09 Å². The average molecular weight is 212 g/mol. The Kier molecular flexibility index (Phi) is 2.59. The molecule has 1 heterocycles. The number of carbonyl (C=O) groups excluding carboxylic acids is 1. The minimum Gasteiger partial charge on any atom is -0.448 e. The summed E-state index contributed by atoms with van der Waals surface area (Å²) in [4.78, 5) is 12.8. The van der Waals surface area contributed by atoms with Crippen LogP contribution in [0.1, 0.15) is 5.56 Å². The molecule has 74 valence electrons. The van der Waals surface area contributed by atoms with Crippen LogP contribution in [0.15, 0.2) is 24.3 Å². The fourth-order valence-electron chi connectivity index (χ4n) is 1.40. The van der Waals surface area contributed by atoms with Gasteiger partial charge in [0.25, 0.3) is 0 Å². The number of ether oxygens (including phenoxy) is 1. The van der Waals surface area contributed by atoms with Crippen molar-refractivity contribution >= 4 is 17.7 Å². The molecular formula is C10H10ClNO2. The summed E-state index contributed by atoms with van der Waals surface area (Å²) in [5, 5.41) is 0.687. The highest BCUT2D eigenvalue weighted by Crippen LogP contribution is 2.18. The molecule has 4 heteroatoms. The number of benzene rings is 1. The van der Waals surface area contributed by atoms with Crippen molar-refractivity contribution < 1.29 is 9.53 Å². The maximum Gasteiger partial charge on any atom is 0.410 e. The molecule has 1 fully saturated rings. The molecule has 1 amide bonds. The first-order valence-electron chi connectivity index (χ1n) is 4.42. The lowest BCUT2D eigenvalue weighted by Crippen LogP contribution is -2.23. The molecule has 0 spiro atoms.